The average molecular weight is 429 g/mol. The van der Waals surface area contributed by atoms with E-state index >= 15 is 0 Å². The molecule has 1 N–H and O–H groups in total. The first-order valence-corrected chi connectivity index (χ1v) is 10.9. The molecule has 2 aromatic carbocycles. The summed E-state index contributed by atoms with van der Waals surface area (Å²) >= 11 is 7.55. The molecule has 3 rings (SSSR count). The highest BCUT2D eigenvalue weighted by Crippen LogP contribution is 2.26. The minimum Gasteiger partial charge on any atom is -0.342 e. The fourth-order valence-corrected chi connectivity index (χ4v) is 3.91. The maximum atomic E-state index is 12.7. The lowest BCUT2D eigenvalue weighted by Crippen LogP contribution is -2.33. The normalized spacial score (nSPS) is 12.2. The van der Waals surface area contributed by atoms with Crippen molar-refractivity contribution in [2.75, 3.05) is 0 Å². The van der Waals surface area contributed by atoms with Gasteiger partial charge in [0, 0.05) is 23.4 Å². The topological polar surface area (TPSA) is 59.8 Å². The molecule has 0 bridgehead atoms. The molecule has 0 aliphatic carbocycles. The summed E-state index contributed by atoms with van der Waals surface area (Å²) < 4.78 is 1.96. The van der Waals surface area contributed by atoms with E-state index in [9.17, 15) is 4.79 Å². The molecule has 29 heavy (non-hydrogen) atoms. The van der Waals surface area contributed by atoms with Gasteiger partial charge in [0.15, 0.2) is 11.0 Å². The number of nitrogens with zero attached hydrogens (tertiary/aromatic N) is 3. The van der Waals surface area contributed by atoms with Crippen LogP contribution in [0.1, 0.15) is 47.2 Å². The Balaban J connectivity index is 1.73. The maximum Gasteiger partial charge on any atom is 0.251 e. The highest BCUT2D eigenvalue weighted by atomic mass is 35.5. The minimum absolute atomic E-state index is 0.155. The predicted octanol–water partition coefficient (Wildman–Crippen LogP) is 5.20. The Morgan fingerprint density at radius 2 is 1.76 bits per heavy atom. The van der Waals surface area contributed by atoms with Crippen LogP contribution in [0, 0.1) is 12.8 Å². The van der Waals surface area contributed by atoms with Gasteiger partial charge in [-0.05, 0) is 42.7 Å². The monoisotopic (exact) mass is 428 g/mol. The lowest BCUT2D eigenvalue weighted by molar-refractivity contribution is 0.0922. The molecule has 0 spiro atoms. The van der Waals surface area contributed by atoms with Crippen LogP contribution in [0.25, 0.3) is 0 Å². The molecule has 0 aliphatic heterocycles. The van der Waals surface area contributed by atoms with Crippen molar-refractivity contribution in [1.29, 1.82) is 0 Å². The van der Waals surface area contributed by atoms with Crippen LogP contribution in [-0.4, -0.2) is 20.7 Å². The Kier molecular flexibility index (Phi) is 6.98. The van der Waals surface area contributed by atoms with Crippen LogP contribution >= 0.6 is 23.4 Å². The zero-order valence-electron chi connectivity index (χ0n) is 17.0. The summed E-state index contributed by atoms with van der Waals surface area (Å²) in [6, 6.07) is 15.1. The largest absolute Gasteiger partial charge is 0.342 e. The molecule has 7 heteroatoms. The number of aromatic nitrogens is 3. The van der Waals surface area contributed by atoms with Crippen molar-refractivity contribution >= 4 is 29.3 Å². The zero-order chi connectivity index (χ0) is 21.0. The molecule has 3 aromatic rings. The third-order valence-corrected chi connectivity index (χ3v) is 6.04. The molecule has 5 nitrogen and oxygen atoms in total. The highest BCUT2D eigenvalue weighted by molar-refractivity contribution is 7.98. The van der Waals surface area contributed by atoms with Gasteiger partial charge in [-0.3, -0.25) is 4.79 Å². The van der Waals surface area contributed by atoms with E-state index in [4.69, 9.17) is 11.6 Å². The van der Waals surface area contributed by atoms with Crippen molar-refractivity contribution in [2.24, 2.45) is 13.0 Å². The third kappa shape index (κ3) is 5.40. The number of amides is 1. The number of rotatable bonds is 7. The Bertz CT molecular complexity index is 967. The number of benzene rings is 2. The second kappa shape index (κ2) is 9.46. The average Bonchev–Trinajstić information content (AvgIpc) is 3.06. The maximum absolute atomic E-state index is 12.7. The summed E-state index contributed by atoms with van der Waals surface area (Å²) in [5.41, 5.74) is 3.05. The fraction of sp³-hybridized carbons (Fsp3) is 0.318. The quantitative estimate of drug-likeness (QED) is 0.525. The summed E-state index contributed by atoms with van der Waals surface area (Å²) in [6.07, 6.45) is 0. The molecule has 1 amide bonds. The van der Waals surface area contributed by atoms with Crippen molar-refractivity contribution in [1.82, 2.24) is 20.1 Å². The van der Waals surface area contributed by atoms with Crippen molar-refractivity contribution in [3.8, 4) is 0 Å². The number of aryl methyl sites for hydroxylation is 1. The minimum atomic E-state index is -0.246. The molecule has 1 unspecified atom stereocenters. The summed E-state index contributed by atoms with van der Waals surface area (Å²) in [7, 11) is 1.94. The number of hydrogen-bond donors (Lipinski definition) is 1. The molecule has 0 fully saturated rings. The van der Waals surface area contributed by atoms with Gasteiger partial charge in [0.1, 0.15) is 0 Å². The second-order valence-corrected chi connectivity index (χ2v) is 8.76. The smallest absolute Gasteiger partial charge is 0.251 e. The Morgan fingerprint density at radius 3 is 2.38 bits per heavy atom. The van der Waals surface area contributed by atoms with Crippen LogP contribution in [0.15, 0.2) is 53.7 Å². The standard InChI is InChI=1S/C22H25ClN4OS/c1-14(2)19(24-21(28)17-9-11-18(23)12-10-17)20-25-26-22(27(20)4)29-13-16-7-5-15(3)6-8-16/h5-12,14,19H,13H2,1-4H3,(H,24,28). The van der Waals surface area contributed by atoms with Crippen molar-refractivity contribution in [2.45, 2.75) is 37.7 Å². The fourth-order valence-electron chi connectivity index (χ4n) is 2.91. The Morgan fingerprint density at radius 1 is 1.10 bits per heavy atom. The molecule has 152 valence electrons. The molecule has 0 aliphatic rings. The molecule has 1 aromatic heterocycles. The molecule has 1 heterocycles. The van der Waals surface area contributed by atoms with Gasteiger partial charge in [0.2, 0.25) is 0 Å². The molecule has 0 saturated carbocycles. The van der Waals surface area contributed by atoms with Crippen LogP contribution in [0.2, 0.25) is 5.02 Å². The van der Waals surface area contributed by atoms with Crippen molar-refractivity contribution in [3.63, 3.8) is 0 Å². The Labute approximate surface area is 180 Å². The zero-order valence-corrected chi connectivity index (χ0v) is 18.6. The van der Waals surface area contributed by atoms with Gasteiger partial charge in [-0.1, -0.05) is 67.0 Å². The van der Waals surface area contributed by atoms with E-state index in [0.29, 0.717) is 10.6 Å². The second-order valence-electron chi connectivity index (χ2n) is 7.38. The van der Waals surface area contributed by atoms with Crippen molar-refractivity contribution < 1.29 is 4.79 Å². The van der Waals surface area contributed by atoms with E-state index < -0.39 is 0 Å². The summed E-state index contributed by atoms with van der Waals surface area (Å²) in [5.74, 6) is 1.56. The van der Waals surface area contributed by atoms with Crippen LogP contribution < -0.4 is 5.32 Å². The van der Waals surface area contributed by atoms with E-state index in [1.54, 1.807) is 36.0 Å². The molecule has 0 saturated heterocycles. The first-order valence-electron chi connectivity index (χ1n) is 9.49. The molecular weight excluding hydrogens is 404 g/mol. The van der Waals surface area contributed by atoms with Gasteiger partial charge in [-0.15, -0.1) is 10.2 Å². The first kappa shape index (κ1) is 21.4. The first-order chi connectivity index (χ1) is 13.8. The van der Waals surface area contributed by atoms with Gasteiger partial charge >= 0.3 is 0 Å². The van der Waals surface area contributed by atoms with Gasteiger partial charge in [0.05, 0.1) is 6.04 Å². The number of nitrogens with one attached hydrogen (secondary N) is 1. The van der Waals surface area contributed by atoms with E-state index in [1.807, 2.05) is 11.6 Å². The highest BCUT2D eigenvalue weighted by Gasteiger charge is 2.25. The lowest BCUT2D eigenvalue weighted by atomic mass is 10.0. The van der Waals surface area contributed by atoms with Gasteiger partial charge < -0.3 is 9.88 Å². The number of halogens is 1. The molecule has 0 radical (unpaired) electrons. The van der Waals surface area contributed by atoms with E-state index in [-0.39, 0.29) is 17.9 Å². The number of carbonyl (C=O) groups excluding carboxylic acids is 1. The summed E-state index contributed by atoms with van der Waals surface area (Å²) in [6.45, 7) is 6.19. The number of hydrogen-bond acceptors (Lipinski definition) is 4. The lowest BCUT2D eigenvalue weighted by Gasteiger charge is -2.21. The molecule has 1 atom stereocenters. The van der Waals surface area contributed by atoms with Crippen LogP contribution in [0.3, 0.4) is 0 Å². The summed E-state index contributed by atoms with van der Waals surface area (Å²) in [5, 5.41) is 13.2. The summed E-state index contributed by atoms with van der Waals surface area (Å²) in [4.78, 5) is 12.7. The van der Waals surface area contributed by atoms with E-state index in [2.05, 4.69) is 60.6 Å². The third-order valence-electron chi connectivity index (χ3n) is 4.69. The van der Waals surface area contributed by atoms with E-state index in [1.165, 1.54) is 11.1 Å². The van der Waals surface area contributed by atoms with Crippen LogP contribution in [0.5, 0.6) is 0 Å². The SMILES string of the molecule is Cc1ccc(CSc2nnc(C(NC(=O)c3ccc(Cl)cc3)C(C)C)n2C)cc1. The number of thioether (sulfide) groups is 1. The van der Waals surface area contributed by atoms with Gasteiger partial charge in [-0.25, -0.2) is 0 Å². The number of carbonyl (C=O) groups is 1. The van der Waals surface area contributed by atoms with Crippen LogP contribution in [-0.2, 0) is 12.8 Å². The van der Waals surface area contributed by atoms with Crippen LogP contribution in [0.4, 0.5) is 0 Å². The van der Waals surface area contributed by atoms with Gasteiger partial charge in [0.25, 0.3) is 5.91 Å². The van der Waals surface area contributed by atoms with E-state index in [0.717, 1.165) is 16.7 Å². The van der Waals surface area contributed by atoms with Gasteiger partial charge in [-0.2, -0.15) is 0 Å². The van der Waals surface area contributed by atoms with Crippen molar-refractivity contribution in [3.05, 3.63) is 76.1 Å². The Hall–Kier alpha value is -2.31. The predicted molar refractivity (Wildman–Crippen MR) is 118 cm³/mol. The molecular formula is C22H25ClN4OS.